The van der Waals surface area contributed by atoms with Crippen molar-refractivity contribution < 1.29 is 24.3 Å². The van der Waals surface area contributed by atoms with Gasteiger partial charge in [-0.2, -0.15) is 0 Å². The van der Waals surface area contributed by atoms with Gasteiger partial charge in [0.2, 0.25) is 17.7 Å². The fraction of sp³-hybridized carbons (Fsp3) is 0.692. The van der Waals surface area contributed by atoms with E-state index in [1.807, 2.05) is 22.4 Å². The van der Waals surface area contributed by atoms with Crippen molar-refractivity contribution in [3.05, 3.63) is 22.4 Å². The molecule has 1 aromatic heterocycles. The molecule has 37 heavy (non-hydrogen) atoms. The molecule has 2 aliphatic heterocycles. The Morgan fingerprint density at radius 2 is 1.76 bits per heavy atom. The Labute approximate surface area is 222 Å². The molecule has 3 fully saturated rings. The molecule has 2 saturated heterocycles. The summed E-state index contributed by atoms with van der Waals surface area (Å²) in [5.41, 5.74) is 0. The predicted octanol–water partition coefficient (Wildman–Crippen LogP) is 2.10. The number of hydrogen-bond donors (Lipinski definition) is 3. The van der Waals surface area contributed by atoms with Gasteiger partial charge in [-0.25, -0.2) is 4.79 Å². The number of rotatable bonds is 7. The topological polar surface area (TPSA) is 122 Å². The second-order valence-electron chi connectivity index (χ2n) is 10.4. The summed E-state index contributed by atoms with van der Waals surface area (Å²) in [4.78, 5) is 56.7. The minimum Gasteiger partial charge on any atom is -0.465 e. The van der Waals surface area contributed by atoms with Crippen LogP contribution in [-0.4, -0.2) is 94.5 Å². The number of hydrogen-bond acceptors (Lipinski definition) is 6. The van der Waals surface area contributed by atoms with Gasteiger partial charge in [0, 0.05) is 44.0 Å². The Kier molecular flexibility index (Phi) is 9.42. The molecule has 0 unspecified atom stereocenters. The number of nitrogens with zero attached hydrogens (tertiary/aromatic N) is 3. The van der Waals surface area contributed by atoms with Gasteiger partial charge in [0.25, 0.3) is 0 Å². The van der Waals surface area contributed by atoms with Crippen molar-refractivity contribution in [3.63, 3.8) is 0 Å². The van der Waals surface area contributed by atoms with E-state index in [1.165, 1.54) is 22.7 Å². The maximum Gasteiger partial charge on any atom is 0.407 e. The zero-order chi connectivity index (χ0) is 26.4. The third-order valence-electron chi connectivity index (χ3n) is 8.00. The number of likely N-dealkylation sites (tertiary alicyclic amines) is 1. The molecule has 1 aliphatic carbocycles. The van der Waals surface area contributed by atoms with Crippen LogP contribution in [0.1, 0.15) is 56.7 Å². The number of carbonyl (C=O) groups is 4. The quantitative estimate of drug-likeness (QED) is 0.494. The maximum atomic E-state index is 14.1. The molecular formula is C26H39N5O5S. The average molecular weight is 534 g/mol. The molecule has 3 aliphatic rings. The lowest BCUT2D eigenvalue weighted by Gasteiger charge is -2.44. The highest BCUT2D eigenvalue weighted by Gasteiger charge is 2.42. The molecule has 2 atom stereocenters. The second kappa shape index (κ2) is 12.7. The first-order chi connectivity index (χ1) is 17.8. The van der Waals surface area contributed by atoms with E-state index in [4.69, 9.17) is 0 Å². The fourth-order valence-corrected chi connectivity index (χ4v) is 6.45. The van der Waals surface area contributed by atoms with Gasteiger partial charge in [-0.15, -0.1) is 11.3 Å². The van der Waals surface area contributed by atoms with E-state index in [0.717, 1.165) is 43.4 Å². The molecule has 0 spiro atoms. The van der Waals surface area contributed by atoms with Crippen molar-refractivity contribution >= 4 is 35.2 Å². The maximum absolute atomic E-state index is 14.1. The fourth-order valence-electron chi connectivity index (χ4n) is 5.81. The molecule has 3 N–H and O–H groups in total. The van der Waals surface area contributed by atoms with E-state index in [-0.39, 0.29) is 49.3 Å². The third-order valence-corrected chi connectivity index (χ3v) is 8.87. The summed E-state index contributed by atoms with van der Waals surface area (Å²) in [7, 11) is 0. The van der Waals surface area contributed by atoms with E-state index in [2.05, 4.69) is 10.6 Å². The van der Waals surface area contributed by atoms with Crippen LogP contribution in [0.15, 0.2) is 17.5 Å². The Bertz CT molecular complexity index is 943. The van der Waals surface area contributed by atoms with Crippen LogP contribution >= 0.6 is 11.3 Å². The lowest BCUT2D eigenvalue weighted by molar-refractivity contribution is -0.147. The summed E-state index contributed by atoms with van der Waals surface area (Å²) in [5.74, 6) is -0.366. The normalized spacial score (nSPS) is 22.5. The van der Waals surface area contributed by atoms with Crippen molar-refractivity contribution in [3.8, 4) is 0 Å². The molecule has 0 bridgehead atoms. The number of piperazine rings is 1. The molecule has 10 nitrogen and oxygen atoms in total. The number of carboxylic acid groups (broad SMARTS) is 1. The van der Waals surface area contributed by atoms with Gasteiger partial charge in [-0.05, 0) is 43.0 Å². The van der Waals surface area contributed by atoms with Crippen LogP contribution in [0.5, 0.6) is 0 Å². The molecule has 0 radical (unpaired) electrons. The molecule has 0 aromatic carbocycles. The molecule has 4 amide bonds. The highest BCUT2D eigenvalue weighted by molar-refractivity contribution is 7.09. The number of piperidine rings is 1. The van der Waals surface area contributed by atoms with Gasteiger partial charge in [-0.3, -0.25) is 14.4 Å². The van der Waals surface area contributed by atoms with Crippen LogP contribution in [0.2, 0.25) is 0 Å². The first-order valence-corrected chi connectivity index (χ1v) is 14.3. The summed E-state index contributed by atoms with van der Waals surface area (Å²) >= 11 is 1.53. The standard InChI is InChI=1S/C26H39N5O5S/c1-18(32)29-11-9-19(10-12-29)23(28-20-6-3-2-4-7-20)25(34)31-14-13-30(26(35)36)17-22(31)24(33)27-16-21-8-5-15-37-21/h5,8,15,19-20,22-23,28H,2-4,6-7,9-14,16-17H2,1H3,(H,27,33)(H,35,36)/t22-,23+/m0/s1. The van der Waals surface area contributed by atoms with Crippen LogP contribution in [0.4, 0.5) is 4.79 Å². The average Bonchev–Trinajstić information content (AvgIpc) is 3.44. The SMILES string of the molecule is CC(=O)N1CCC([C@@H](NC2CCCCC2)C(=O)N2CCN(C(=O)O)C[C@H]2C(=O)NCc2cccs2)CC1. The summed E-state index contributed by atoms with van der Waals surface area (Å²) in [6, 6.07) is 2.75. The number of amides is 4. The Morgan fingerprint density at radius 3 is 2.38 bits per heavy atom. The minimum absolute atomic E-state index is 0.0454. The lowest BCUT2D eigenvalue weighted by atomic mass is 9.86. The number of nitrogens with one attached hydrogen (secondary N) is 2. The molecule has 4 rings (SSSR count). The number of thiophene rings is 1. The smallest absolute Gasteiger partial charge is 0.407 e. The van der Waals surface area contributed by atoms with E-state index >= 15 is 0 Å². The van der Waals surface area contributed by atoms with Crippen LogP contribution in [0.3, 0.4) is 0 Å². The van der Waals surface area contributed by atoms with Crippen molar-refractivity contribution in [2.75, 3.05) is 32.7 Å². The third kappa shape index (κ3) is 7.01. The Morgan fingerprint density at radius 1 is 1.03 bits per heavy atom. The van der Waals surface area contributed by atoms with Gasteiger partial charge in [0.15, 0.2) is 0 Å². The van der Waals surface area contributed by atoms with Crippen LogP contribution in [0, 0.1) is 5.92 Å². The Balaban J connectivity index is 1.51. The molecule has 1 aromatic rings. The molecule has 204 valence electrons. The van der Waals surface area contributed by atoms with Gasteiger partial charge < -0.3 is 30.4 Å². The summed E-state index contributed by atoms with van der Waals surface area (Å²) in [6.07, 6.45) is 5.87. The largest absolute Gasteiger partial charge is 0.465 e. The predicted molar refractivity (Wildman–Crippen MR) is 140 cm³/mol. The number of carbonyl (C=O) groups excluding carboxylic acids is 3. The van der Waals surface area contributed by atoms with E-state index in [0.29, 0.717) is 19.6 Å². The van der Waals surface area contributed by atoms with Crippen LogP contribution in [-0.2, 0) is 20.9 Å². The molecule has 3 heterocycles. The van der Waals surface area contributed by atoms with Crippen LogP contribution < -0.4 is 10.6 Å². The van der Waals surface area contributed by atoms with Crippen molar-refractivity contribution in [1.82, 2.24) is 25.3 Å². The lowest BCUT2D eigenvalue weighted by Crippen LogP contribution is -2.65. The van der Waals surface area contributed by atoms with Gasteiger partial charge in [0.1, 0.15) is 6.04 Å². The van der Waals surface area contributed by atoms with E-state index < -0.39 is 18.2 Å². The second-order valence-corrected chi connectivity index (χ2v) is 11.4. The van der Waals surface area contributed by atoms with Crippen LogP contribution in [0.25, 0.3) is 0 Å². The molecular weight excluding hydrogens is 494 g/mol. The summed E-state index contributed by atoms with van der Waals surface area (Å²) in [6.45, 7) is 3.46. The zero-order valence-corrected chi connectivity index (χ0v) is 22.4. The summed E-state index contributed by atoms with van der Waals surface area (Å²) in [5, 5.41) is 18.1. The van der Waals surface area contributed by atoms with Gasteiger partial charge in [-0.1, -0.05) is 25.3 Å². The highest BCUT2D eigenvalue weighted by Crippen LogP contribution is 2.27. The molecule has 1 saturated carbocycles. The first kappa shape index (κ1) is 27.4. The zero-order valence-electron chi connectivity index (χ0n) is 21.6. The highest BCUT2D eigenvalue weighted by atomic mass is 32.1. The van der Waals surface area contributed by atoms with E-state index in [9.17, 15) is 24.3 Å². The van der Waals surface area contributed by atoms with Crippen molar-refractivity contribution in [2.45, 2.75) is 76.5 Å². The minimum atomic E-state index is -1.09. The van der Waals surface area contributed by atoms with Crippen molar-refractivity contribution in [1.29, 1.82) is 0 Å². The van der Waals surface area contributed by atoms with Gasteiger partial charge in [0.05, 0.1) is 19.1 Å². The van der Waals surface area contributed by atoms with Crippen molar-refractivity contribution in [2.24, 2.45) is 5.92 Å². The Hall–Kier alpha value is -2.66. The summed E-state index contributed by atoms with van der Waals surface area (Å²) < 4.78 is 0. The monoisotopic (exact) mass is 533 g/mol. The first-order valence-electron chi connectivity index (χ1n) is 13.4. The van der Waals surface area contributed by atoms with Gasteiger partial charge >= 0.3 is 6.09 Å². The van der Waals surface area contributed by atoms with E-state index in [1.54, 1.807) is 11.8 Å². The molecule has 11 heteroatoms.